The van der Waals surface area contributed by atoms with Crippen molar-refractivity contribution in [1.82, 2.24) is 0 Å². The smallest absolute Gasteiger partial charge is 0.337 e. The van der Waals surface area contributed by atoms with Gasteiger partial charge < -0.3 is 10.1 Å². The van der Waals surface area contributed by atoms with Gasteiger partial charge in [0.05, 0.1) is 17.4 Å². The molecule has 2 rings (SSSR count). The van der Waals surface area contributed by atoms with Crippen LogP contribution in [0.4, 0.5) is 5.69 Å². The number of rotatable bonds is 3. The Bertz CT molecular complexity index is 478. The summed E-state index contributed by atoms with van der Waals surface area (Å²) >= 11 is 1.70. The Morgan fingerprint density at radius 1 is 1.32 bits per heavy atom. The van der Waals surface area contributed by atoms with Gasteiger partial charge in [-0.1, -0.05) is 0 Å². The van der Waals surface area contributed by atoms with E-state index in [1.165, 1.54) is 7.11 Å². The van der Waals surface area contributed by atoms with E-state index in [4.69, 9.17) is 0 Å². The maximum atomic E-state index is 12.2. The molecule has 1 amide bonds. The number of hydrogen-bond donors (Lipinski definition) is 1. The summed E-state index contributed by atoms with van der Waals surface area (Å²) in [5.74, 6) is 0.683. The normalized spacial score (nSPS) is 22.0. The zero-order chi connectivity index (χ0) is 13.9. The van der Waals surface area contributed by atoms with Crippen LogP contribution in [0.25, 0.3) is 0 Å². The second kappa shape index (κ2) is 5.65. The van der Waals surface area contributed by atoms with Gasteiger partial charge in [0.1, 0.15) is 0 Å². The lowest BCUT2D eigenvalue weighted by molar-refractivity contribution is -0.118. The van der Waals surface area contributed by atoms with Crippen LogP contribution in [-0.4, -0.2) is 29.5 Å². The van der Waals surface area contributed by atoms with Crippen LogP contribution >= 0.6 is 11.8 Å². The predicted octanol–water partition coefficient (Wildman–Crippen LogP) is 2.70. The van der Waals surface area contributed by atoms with E-state index in [-0.39, 0.29) is 16.6 Å². The summed E-state index contributed by atoms with van der Waals surface area (Å²) in [6.45, 7) is 1.98. The fourth-order valence-corrected chi connectivity index (χ4v) is 3.24. The standard InChI is InChI=1S/C14H17NO3S/c1-14(8-3-9-19-14)13(17)15-11-6-4-10(5-7-11)12(16)18-2/h4-7H,3,8-9H2,1-2H3,(H,15,17). The highest BCUT2D eigenvalue weighted by Crippen LogP contribution is 2.38. The topological polar surface area (TPSA) is 55.4 Å². The number of nitrogens with one attached hydrogen (secondary N) is 1. The third-order valence-electron chi connectivity index (χ3n) is 3.26. The molecule has 1 fully saturated rings. The minimum atomic E-state index is -0.379. The van der Waals surface area contributed by atoms with E-state index in [0.717, 1.165) is 18.6 Å². The second-order valence-electron chi connectivity index (χ2n) is 4.71. The Morgan fingerprint density at radius 2 is 2.00 bits per heavy atom. The number of esters is 1. The van der Waals surface area contributed by atoms with Gasteiger partial charge in [0.15, 0.2) is 0 Å². The molecule has 1 N–H and O–H groups in total. The van der Waals surface area contributed by atoms with Gasteiger partial charge in [-0.05, 0) is 49.8 Å². The van der Waals surface area contributed by atoms with Gasteiger partial charge in [0, 0.05) is 5.69 Å². The molecule has 102 valence electrons. The zero-order valence-corrected chi connectivity index (χ0v) is 11.9. The van der Waals surface area contributed by atoms with Crippen LogP contribution in [0.2, 0.25) is 0 Å². The molecule has 1 aliphatic heterocycles. The van der Waals surface area contributed by atoms with E-state index in [0.29, 0.717) is 11.3 Å². The first-order valence-electron chi connectivity index (χ1n) is 6.19. The molecular formula is C14H17NO3S. The van der Waals surface area contributed by atoms with Crippen molar-refractivity contribution in [2.75, 3.05) is 18.2 Å². The number of anilines is 1. The Morgan fingerprint density at radius 3 is 2.53 bits per heavy atom. The van der Waals surface area contributed by atoms with Gasteiger partial charge in [-0.15, -0.1) is 11.8 Å². The first-order chi connectivity index (χ1) is 9.05. The van der Waals surface area contributed by atoms with Crippen LogP contribution < -0.4 is 5.32 Å². The molecule has 5 heteroatoms. The van der Waals surface area contributed by atoms with E-state index in [1.54, 1.807) is 36.0 Å². The van der Waals surface area contributed by atoms with Crippen LogP contribution in [0.5, 0.6) is 0 Å². The van der Waals surface area contributed by atoms with Crippen LogP contribution in [0, 0.1) is 0 Å². The molecule has 0 saturated carbocycles. The van der Waals surface area contributed by atoms with E-state index in [1.807, 2.05) is 6.92 Å². The number of carbonyl (C=O) groups excluding carboxylic acids is 2. The predicted molar refractivity (Wildman–Crippen MR) is 76.5 cm³/mol. The van der Waals surface area contributed by atoms with Gasteiger partial charge in [-0.3, -0.25) is 4.79 Å². The quantitative estimate of drug-likeness (QED) is 0.864. The molecule has 1 atom stereocenters. The van der Waals surface area contributed by atoms with Crippen LogP contribution in [0.3, 0.4) is 0 Å². The molecule has 0 radical (unpaired) electrons. The Balaban J connectivity index is 2.03. The Hall–Kier alpha value is -1.49. The molecule has 1 unspecified atom stereocenters. The molecule has 0 aliphatic carbocycles. The van der Waals surface area contributed by atoms with Crippen LogP contribution in [-0.2, 0) is 9.53 Å². The average molecular weight is 279 g/mol. The molecule has 1 heterocycles. The Kier molecular flexibility index (Phi) is 4.14. The number of carbonyl (C=O) groups is 2. The van der Waals surface area contributed by atoms with Crippen molar-refractivity contribution in [3.05, 3.63) is 29.8 Å². The summed E-state index contributed by atoms with van der Waals surface area (Å²) in [4.78, 5) is 23.5. The monoisotopic (exact) mass is 279 g/mol. The van der Waals surface area contributed by atoms with Gasteiger partial charge in [-0.2, -0.15) is 0 Å². The number of methoxy groups -OCH3 is 1. The molecule has 1 aromatic rings. The van der Waals surface area contributed by atoms with Crippen molar-refractivity contribution < 1.29 is 14.3 Å². The second-order valence-corrected chi connectivity index (χ2v) is 6.30. The summed E-state index contributed by atoms with van der Waals surface area (Å²) in [6, 6.07) is 6.72. The SMILES string of the molecule is COC(=O)c1ccc(NC(=O)C2(C)CCCS2)cc1. The Labute approximate surface area is 116 Å². The van der Waals surface area contributed by atoms with Crippen LogP contribution in [0.1, 0.15) is 30.1 Å². The molecule has 1 saturated heterocycles. The number of ether oxygens (including phenoxy) is 1. The van der Waals surface area contributed by atoms with Gasteiger partial charge >= 0.3 is 5.97 Å². The van der Waals surface area contributed by atoms with E-state index < -0.39 is 0 Å². The highest BCUT2D eigenvalue weighted by atomic mass is 32.2. The van der Waals surface area contributed by atoms with Gasteiger partial charge in [0.2, 0.25) is 5.91 Å². The van der Waals surface area contributed by atoms with E-state index >= 15 is 0 Å². The lowest BCUT2D eigenvalue weighted by Gasteiger charge is -2.21. The molecule has 0 aromatic heterocycles. The van der Waals surface area contributed by atoms with Gasteiger partial charge in [-0.25, -0.2) is 4.79 Å². The van der Waals surface area contributed by atoms with Crippen LogP contribution in [0.15, 0.2) is 24.3 Å². The van der Waals surface area contributed by atoms with Crippen molar-refractivity contribution in [2.24, 2.45) is 0 Å². The third-order valence-corrected chi connectivity index (χ3v) is 4.78. The molecule has 19 heavy (non-hydrogen) atoms. The number of benzene rings is 1. The maximum absolute atomic E-state index is 12.2. The average Bonchev–Trinajstić information content (AvgIpc) is 2.87. The molecule has 0 spiro atoms. The summed E-state index contributed by atoms with van der Waals surface area (Å²) in [5, 5.41) is 2.90. The molecule has 0 bridgehead atoms. The highest BCUT2D eigenvalue weighted by Gasteiger charge is 2.37. The first kappa shape index (κ1) is 13.9. The summed E-state index contributed by atoms with van der Waals surface area (Å²) < 4.78 is 4.29. The van der Waals surface area contributed by atoms with E-state index in [2.05, 4.69) is 10.1 Å². The lowest BCUT2D eigenvalue weighted by atomic mass is 10.0. The number of hydrogen-bond acceptors (Lipinski definition) is 4. The van der Waals surface area contributed by atoms with Crippen molar-refractivity contribution >= 4 is 29.3 Å². The van der Waals surface area contributed by atoms with Crippen molar-refractivity contribution in [1.29, 1.82) is 0 Å². The fourth-order valence-electron chi connectivity index (χ4n) is 2.03. The largest absolute Gasteiger partial charge is 0.465 e. The molecule has 4 nitrogen and oxygen atoms in total. The van der Waals surface area contributed by atoms with Crippen molar-refractivity contribution in [3.8, 4) is 0 Å². The molecule has 1 aliphatic rings. The zero-order valence-electron chi connectivity index (χ0n) is 11.1. The first-order valence-corrected chi connectivity index (χ1v) is 7.17. The number of thioether (sulfide) groups is 1. The molecular weight excluding hydrogens is 262 g/mol. The minimum absolute atomic E-state index is 0.0285. The van der Waals surface area contributed by atoms with E-state index in [9.17, 15) is 9.59 Å². The highest BCUT2D eigenvalue weighted by molar-refractivity contribution is 8.01. The van der Waals surface area contributed by atoms with Crippen molar-refractivity contribution in [2.45, 2.75) is 24.5 Å². The maximum Gasteiger partial charge on any atom is 0.337 e. The minimum Gasteiger partial charge on any atom is -0.465 e. The molecule has 1 aromatic carbocycles. The van der Waals surface area contributed by atoms with Gasteiger partial charge in [0.25, 0.3) is 0 Å². The fraction of sp³-hybridized carbons (Fsp3) is 0.429. The third kappa shape index (κ3) is 3.10. The van der Waals surface area contributed by atoms with Crippen molar-refractivity contribution in [3.63, 3.8) is 0 Å². The summed E-state index contributed by atoms with van der Waals surface area (Å²) in [5.41, 5.74) is 1.17. The summed E-state index contributed by atoms with van der Waals surface area (Å²) in [7, 11) is 1.34. The summed E-state index contributed by atoms with van der Waals surface area (Å²) in [6.07, 6.45) is 1.99. The number of amides is 1. The lowest BCUT2D eigenvalue weighted by Crippen LogP contribution is -2.34.